The zero-order valence-corrected chi connectivity index (χ0v) is 16.1. The van der Waals surface area contributed by atoms with E-state index in [9.17, 15) is 14.0 Å². The molecule has 1 amide bonds. The van der Waals surface area contributed by atoms with Crippen LogP contribution in [0, 0.1) is 29.0 Å². The fourth-order valence-corrected chi connectivity index (χ4v) is 5.97. The minimum absolute atomic E-state index is 0.0736. The topological polar surface area (TPSA) is 55.4 Å². The lowest BCUT2D eigenvalue weighted by Gasteiger charge is -2.55. The maximum Gasteiger partial charge on any atom is 0.307 e. The van der Waals surface area contributed by atoms with Gasteiger partial charge in [0.25, 0.3) is 0 Å². The molecule has 4 saturated carbocycles. The number of hydrogen-bond acceptors (Lipinski definition) is 3. The van der Waals surface area contributed by atoms with Crippen molar-refractivity contribution >= 4 is 23.5 Å². The van der Waals surface area contributed by atoms with Crippen LogP contribution in [0.4, 0.5) is 4.39 Å². The van der Waals surface area contributed by atoms with E-state index in [1.165, 1.54) is 31.4 Å². The van der Waals surface area contributed by atoms with Gasteiger partial charge in [-0.1, -0.05) is 17.7 Å². The molecule has 4 bridgehead atoms. The highest BCUT2D eigenvalue weighted by Gasteiger charge is 2.54. The molecule has 0 heterocycles. The molecule has 1 aromatic rings. The maximum atomic E-state index is 13.7. The van der Waals surface area contributed by atoms with Gasteiger partial charge in [0.15, 0.2) is 0 Å². The summed E-state index contributed by atoms with van der Waals surface area (Å²) in [6.07, 6.45) is 6.94. The molecule has 4 fully saturated rings. The van der Waals surface area contributed by atoms with Gasteiger partial charge in [-0.05, 0) is 68.4 Å². The molecule has 0 spiro atoms. The van der Waals surface area contributed by atoms with E-state index in [2.05, 4.69) is 5.32 Å². The van der Waals surface area contributed by atoms with Gasteiger partial charge >= 0.3 is 5.97 Å². The third kappa shape index (κ3) is 3.84. The first-order chi connectivity index (χ1) is 12.9. The predicted octanol–water partition coefficient (Wildman–Crippen LogP) is 4.25. The average molecular weight is 394 g/mol. The van der Waals surface area contributed by atoms with Gasteiger partial charge in [-0.2, -0.15) is 0 Å². The molecule has 4 nitrogen and oxygen atoms in total. The van der Waals surface area contributed by atoms with Gasteiger partial charge in [-0.25, -0.2) is 4.39 Å². The van der Waals surface area contributed by atoms with E-state index in [1.807, 2.05) is 0 Å². The minimum Gasteiger partial charge on any atom is -0.461 e. The van der Waals surface area contributed by atoms with Crippen molar-refractivity contribution in [3.63, 3.8) is 0 Å². The molecule has 0 aromatic heterocycles. The summed E-state index contributed by atoms with van der Waals surface area (Å²) < 4.78 is 18.8. The Balaban J connectivity index is 1.24. The van der Waals surface area contributed by atoms with Crippen molar-refractivity contribution in [2.45, 2.75) is 51.6 Å². The van der Waals surface area contributed by atoms with Gasteiger partial charge < -0.3 is 10.1 Å². The van der Waals surface area contributed by atoms with Gasteiger partial charge in [0.05, 0.1) is 11.4 Å². The lowest BCUT2D eigenvalue weighted by atomic mass is 9.49. The van der Waals surface area contributed by atoms with Gasteiger partial charge in [0.1, 0.15) is 12.4 Å². The first-order valence-electron chi connectivity index (χ1n) is 9.82. The third-order valence-electron chi connectivity index (χ3n) is 6.57. The third-order valence-corrected chi connectivity index (χ3v) is 6.93. The van der Waals surface area contributed by atoms with E-state index in [0.29, 0.717) is 17.8 Å². The van der Waals surface area contributed by atoms with Crippen molar-refractivity contribution in [1.82, 2.24) is 5.32 Å². The summed E-state index contributed by atoms with van der Waals surface area (Å²) in [6.45, 7) is 0.0533. The Morgan fingerprint density at radius 1 is 1.15 bits per heavy atom. The molecule has 6 heteroatoms. The molecule has 4 aliphatic carbocycles. The van der Waals surface area contributed by atoms with Crippen molar-refractivity contribution in [3.8, 4) is 0 Å². The lowest BCUT2D eigenvalue weighted by Crippen LogP contribution is -2.53. The highest BCUT2D eigenvalue weighted by Crippen LogP contribution is 2.60. The monoisotopic (exact) mass is 393 g/mol. The molecule has 146 valence electrons. The number of hydrogen-bond donors (Lipinski definition) is 1. The van der Waals surface area contributed by atoms with E-state index in [-0.39, 0.29) is 41.5 Å². The van der Waals surface area contributed by atoms with Crippen molar-refractivity contribution in [2.24, 2.45) is 23.2 Å². The van der Waals surface area contributed by atoms with Crippen LogP contribution in [0.1, 0.15) is 50.5 Å². The molecule has 27 heavy (non-hydrogen) atoms. The van der Waals surface area contributed by atoms with E-state index < -0.39 is 11.8 Å². The molecule has 0 atom stereocenters. The van der Waals surface area contributed by atoms with Crippen LogP contribution in [0.25, 0.3) is 0 Å². The van der Waals surface area contributed by atoms with Crippen LogP contribution >= 0.6 is 11.6 Å². The highest BCUT2D eigenvalue weighted by atomic mass is 35.5. The molecule has 1 aromatic carbocycles. The lowest BCUT2D eigenvalue weighted by molar-refractivity contribution is -0.147. The van der Waals surface area contributed by atoms with E-state index in [4.69, 9.17) is 16.3 Å². The Morgan fingerprint density at radius 3 is 2.37 bits per heavy atom. The molecule has 0 unspecified atom stereocenters. The van der Waals surface area contributed by atoms with E-state index >= 15 is 0 Å². The van der Waals surface area contributed by atoms with Crippen molar-refractivity contribution in [1.29, 1.82) is 0 Å². The molecule has 5 rings (SSSR count). The fourth-order valence-electron chi connectivity index (χ4n) is 5.75. The first kappa shape index (κ1) is 18.7. The zero-order valence-electron chi connectivity index (χ0n) is 15.3. The summed E-state index contributed by atoms with van der Waals surface area (Å²) >= 11 is 5.92. The van der Waals surface area contributed by atoms with Gasteiger partial charge in [0.2, 0.25) is 5.91 Å². The highest BCUT2D eigenvalue weighted by molar-refractivity contribution is 6.31. The van der Waals surface area contributed by atoms with Crippen molar-refractivity contribution in [3.05, 3.63) is 34.6 Å². The number of nitrogens with one attached hydrogen (secondary N) is 1. The molecular weight excluding hydrogens is 369 g/mol. The van der Waals surface area contributed by atoms with Crippen LogP contribution in [-0.2, 0) is 20.9 Å². The van der Waals surface area contributed by atoms with E-state index in [1.54, 1.807) is 6.07 Å². The van der Waals surface area contributed by atoms with Crippen LogP contribution in [-0.4, -0.2) is 18.4 Å². The SMILES string of the molecule is O=C(CCNC(=O)C12CC3CC(CC(C3)C1)C2)OCc1c(F)cccc1Cl. The van der Waals surface area contributed by atoms with Crippen molar-refractivity contribution < 1.29 is 18.7 Å². The minimum atomic E-state index is -0.495. The standard InChI is InChI=1S/C21H25ClFNO3/c22-17-2-1-3-18(23)16(17)12-27-19(25)4-5-24-20(26)21-9-13-6-14(10-21)8-15(7-13)11-21/h1-3,13-15H,4-12H2,(H,24,26). The van der Waals surface area contributed by atoms with Gasteiger partial charge in [-0.15, -0.1) is 0 Å². The Kier molecular flexibility index (Phi) is 5.15. The van der Waals surface area contributed by atoms with Crippen molar-refractivity contribution in [2.75, 3.05) is 6.54 Å². The molecule has 0 aliphatic heterocycles. The molecule has 0 saturated heterocycles. The zero-order chi connectivity index (χ0) is 19.0. The van der Waals surface area contributed by atoms with Crippen LogP contribution in [0.5, 0.6) is 0 Å². The fraction of sp³-hybridized carbons (Fsp3) is 0.619. The Bertz CT molecular complexity index is 695. The summed E-state index contributed by atoms with van der Waals surface area (Å²) in [5.74, 6) is 1.25. The largest absolute Gasteiger partial charge is 0.461 e. The van der Waals surface area contributed by atoms with Crippen LogP contribution in [0.2, 0.25) is 5.02 Å². The molecule has 1 N–H and O–H groups in total. The van der Waals surface area contributed by atoms with Gasteiger partial charge in [0, 0.05) is 17.5 Å². The quantitative estimate of drug-likeness (QED) is 0.735. The second-order valence-electron chi connectivity index (χ2n) is 8.56. The Morgan fingerprint density at radius 2 is 1.78 bits per heavy atom. The molecule has 4 aliphatic rings. The first-order valence-corrected chi connectivity index (χ1v) is 10.2. The Hall–Kier alpha value is -1.62. The number of halogens is 2. The number of ether oxygens (including phenoxy) is 1. The van der Waals surface area contributed by atoms with Crippen LogP contribution < -0.4 is 5.32 Å². The molecule has 0 radical (unpaired) electrons. The normalized spacial score (nSPS) is 31.0. The number of carbonyl (C=O) groups excluding carboxylic acids is 2. The van der Waals surface area contributed by atoms with Crippen LogP contribution in [0.3, 0.4) is 0 Å². The summed E-state index contributed by atoms with van der Waals surface area (Å²) in [5.41, 5.74) is -0.0376. The molecular formula is C21H25ClFNO3. The Labute approximate surface area is 163 Å². The second kappa shape index (κ2) is 7.42. The smallest absolute Gasteiger partial charge is 0.307 e. The summed E-state index contributed by atoms with van der Waals surface area (Å²) in [5, 5.41) is 3.19. The predicted molar refractivity (Wildman–Crippen MR) is 99.4 cm³/mol. The summed E-state index contributed by atoms with van der Waals surface area (Å²) in [7, 11) is 0. The second-order valence-corrected chi connectivity index (χ2v) is 8.97. The number of benzene rings is 1. The maximum absolute atomic E-state index is 13.7. The number of rotatable bonds is 6. The van der Waals surface area contributed by atoms with E-state index in [0.717, 1.165) is 19.3 Å². The number of carbonyl (C=O) groups is 2. The van der Waals surface area contributed by atoms with Gasteiger partial charge in [-0.3, -0.25) is 9.59 Å². The van der Waals surface area contributed by atoms with Crippen LogP contribution in [0.15, 0.2) is 18.2 Å². The average Bonchev–Trinajstić information content (AvgIpc) is 2.60. The summed E-state index contributed by atoms with van der Waals surface area (Å²) in [6, 6.07) is 4.34. The number of amides is 1. The summed E-state index contributed by atoms with van der Waals surface area (Å²) in [4.78, 5) is 24.7. The number of esters is 1.